The topological polar surface area (TPSA) is 14.0 Å². The molecule has 0 unspecified atom stereocenters. The van der Waals surface area contributed by atoms with E-state index >= 15 is 0 Å². The van der Waals surface area contributed by atoms with Gasteiger partial charge < -0.3 is 0 Å². The van der Waals surface area contributed by atoms with Crippen molar-refractivity contribution in [2.24, 2.45) is 0 Å². The predicted molar refractivity (Wildman–Crippen MR) is 24.1 cm³/mol. The van der Waals surface area contributed by atoms with Gasteiger partial charge >= 0.3 is 0 Å². The molecule has 0 aromatic heterocycles. The molecule has 0 amide bonds. The largest absolute Gasteiger partial charge is 0.247 e. The first-order valence-electron chi connectivity index (χ1n) is 1.51. The van der Waals surface area contributed by atoms with E-state index in [2.05, 4.69) is 22.4 Å². The Hall–Kier alpha value is -0.200. The summed E-state index contributed by atoms with van der Waals surface area (Å²) in [6.45, 7) is 2.85. The van der Waals surface area contributed by atoms with E-state index in [1.54, 1.807) is 0 Å². The summed E-state index contributed by atoms with van der Waals surface area (Å²) in [6.07, 6.45) is 0. The van der Waals surface area contributed by atoms with Crippen LogP contribution < -0.4 is 4.99 Å². The zero-order valence-corrected chi connectivity index (χ0v) is 3.93. The molecule has 2 heteroatoms. The molecular weight excluding hydrogens is 82.1 g/mol. The molecule has 0 aliphatic heterocycles. The van der Waals surface area contributed by atoms with Gasteiger partial charge in [0.25, 0.3) is 0 Å². The quantitative estimate of drug-likeness (QED) is 0.327. The van der Waals surface area contributed by atoms with Crippen molar-refractivity contribution in [3.05, 3.63) is 0 Å². The minimum absolute atomic E-state index is 0.878. The van der Waals surface area contributed by atoms with Gasteiger partial charge in [-0.05, 0) is 6.92 Å². The first-order valence-corrected chi connectivity index (χ1v) is 1.92. The molecule has 1 nitrogen and oxygen atoms in total. The van der Waals surface area contributed by atoms with E-state index in [1.165, 1.54) is 0 Å². The van der Waals surface area contributed by atoms with Gasteiger partial charge in [0.2, 0.25) is 5.16 Å². The maximum absolute atomic E-state index is 4.29. The summed E-state index contributed by atoms with van der Waals surface area (Å²) in [5, 5.41) is 2.35. The van der Waals surface area contributed by atoms with Crippen molar-refractivity contribution in [2.45, 2.75) is 6.92 Å². The molecule has 0 aliphatic carbocycles. The van der Waals surface area contributed by atoms with Crippen LogP contribution in [0.5, 0.6) is 0 Å². The van der Waals surface area contributed by atoms with Crippen molar-refractivity contribution in [3.63, 3.8) is 0 Å². The monoisotopic (exact) mass is 88.0 g/mol. The molecule has 1 N–H and O–H groups in total. The van der Waals surface area contributed by atoms with E-state index < -0.39 is 0 Å². The maximum atomic E-state index is 4.29. The molecule has 0 atom stereocenters. The molecule has 0 bridgehead atoms. The summed E-state index contributed by atoms with van der Waals surface area (Å²) >= 11 is 4.29. The highest BCUT2D eigenvalue weighted by Gasteiger charge is 1.57. The molecule has 0 rings (SSSR count). The van der Waals surface area contributed by atoms with Gasteiger partial charge in [-0.25, -0.2) is 0 Å². The van der Waals surface area contributed by atoms with Crippen LogP contribution in [0, 0.1) is 0 Å². The normalized spacial score (nSPS) is 5.80. The molecule has 0 aromatic carbocycles. The SMILES string of the molecule is CC[NH+]=C=S. The van der Waals surface area contributed by atoms with Crippen molar-refractivity contribution in [3.8, 4) is 0 Å². The van der Waals surface area contributed by atoms with Gasteiger partial charge in [0, 0.05) is 12.2 Å². The summed E-state index contributed by atoms with van der Waals surface area (Å²) in [7, 11) is 0. The van der Waals surface area contributed by atoms with Crippen LogP contribution in [0.4, 0.5) is 0 Å². The number of isothiocyanates is 1. The maximum Gasteiger partial charge on any atom is 0.247 e. The fourth-order valence-corrected chi connectivity index (χ4v) is 0.217. The highest BCUT2D eigenvalue weighted by Crippen LogP contribution is 1.20. The Kier molecular flexibility index (Phi) is 3.65. The van der Waals surface area contributed by atoms with Crippen molar-refractivity contribution in [1.29, 1.82) is 0 Å². The summed E-state index contributed by atoms with van der Waals surface area (Å²) in [5.41, 5.74) is 0. The number of hydrogen-bond acceptors (Lipinski definition) is 1. The molecule has 0 spiro atoms. The molecule has 0 heterocycles. The minimum atomic E-state index is 0.878. The first-order chi connectivity index (χ1) is 2.41. The summed E-state index contributed by atoms with van der Waals surface area (Å²) in [4.78, 5) is 2.68. The Morgan fingerprint density at radius 1 is 2.00 bits per heavy atom. The molecule has 0 fully saturated rings. The molecule has 0 aliphatic rings. The lowest BCUT2D eigenvalue weighted by atomic mass is 10.8. The van der Waals surface area contributed by atoms with Crippen LogP contribution in [0.3, 0.4) is 0 Å². The average molecular weight is 88.2 g/mol. The molecule has 0 radical (unpaired) electrons. The van der Waals surface area contributed by atoms with E-state index in [1.807, 2.05) is 6.92 Å². The van der Waals surface area contributed by atoms with Crippen LogP contribution >= 0.6 is 12.2 Å². The highest BCUT2D eigenvalue weighted by atomic mass is 32.1. The van der Waals surface area contributed by atoms with Crippen molar-refractivity contribution in [1.82, 2.24) is 0 Å². The smallest absolute Gasteiger partial charge is 0.192 e. The summed E-state index contributed by atoms with van der Waals surface area (Å²) < 4.78 is 0. The van der Waals surface area contributed by atoms with Gasteiger partial charge in [-0.1, -0.05) is 0 Å². The second-order valence-corrected chi connectivity index (χ2v) is 0.837. The summed E-state index contributed by atoms with van der Waals surface area (Å²) in [6, 6.07) is 0. The number of thiocarbonyl (C=S) groups is 1. The van der Waals surface area contributed by atoms with Crippen molar-refractivity contribution >= 4 is 17.4 Å². The second kappa shape index (κ2) is 3.80. The van der Waals surface area contributed by atoms with E-state index in [4.69, 9.17) is 0 Å². The minimum Gasteiger partial charge on any atom is -0.192 e. The number of hydrogen-bond donors (Lipinski definition) is 1. The standard InChI is InChI=1S/C3H5NS/c1-2-4-3-5/h2H2,1H3/p+1. The highest BCUT2D eigenvalue weighted by molar-refractivity contribution is 7.78. The third-order valence-corrected chi connectivity index (χ3v) is 0.393. The Bertz CT molecular complexity index is 53.9. The first kappa shape index (κ1) is 4.80. The molecule has 0 saturated heterocycles. The number of nitrogens with one attached hydrogen (secondary N) is 1. The van der Waals surface area contributed by atoms with E-state index in [0.29, 0.717) is 0 Å². The average Bonchev–Trinajstić information content (AvgIpc) is 1.41. The zero-order chi connectivity index (χ0) is 4.12. The molecule has 0 aromatic rings. The van der Waals surface area contributed by atoms with Crippen LogP contribution in [-0.2, 0) is 0 Å². The van der Waals surface area contributed by atoms with Crippen molar-refractivity contribution in [2.75, 3.05) is 6.54 Å². The fourth-order valence-electron chi connectivity index (χ4n) is 0.0722. The summed E-state index contributed by atoms with van der Waals surface area (Å²) in [5.74, 6) is 0. The van der Waals surface area contributed by atoms with Crippen LogP contribution in [0.2, 0.25) is 0 Å². The van der Waals surface area contributed by atoms with Gasteiger partial charge in [-0.3, -0.25) is 0 Å². The van der Waals surface area contributed by atoms with Crippen molar-refractivity contribution < 1.29 is 4.99 Å². The third-order valence-electron chi connectivity index (χ3n) is 0.249. The molecule has 5 heavy (non-hydrogen) atoms. The van der Waals surface area contributed by atoms with Gasteiger partial charge in [0.05, 0.1) is 0 Å². The number of rotatable bonds is 1. The van der Waals surface area contributed by atoms with E-state index in [9.17, 15) is 0 Å². The van der Waals surface area contributed by atoms with Gasteiger partial charge in [0.15, 0.2) is 0 Å². The molecular formula is C3H6NS+. The lowest BCUT2D eigenvalue weighted by molar-refractivity contribution is -0.443. The van der Waals surface area contributed by atoms with E-state index in [-0.39, 0.29) is 0 Å². The Labute approximate surface area is 36.7 Å². The Morgan fingerprint density at radius 2 is 2.60 bits per heavy atom. The lowest BCUT2D eigenvalue weighted by Gasteiger charge is -1.52. The van der Waals surface area contributed by atoms with Gasteiger partial charge in [-0.2, -0.15) is 4.99 Å². The lowest BCUT2D eigenvalue weighted by Crippen LogP contribution is -2.65. The molecule has 0 saturated carbocycles. The van der Waals surface area contributed by atoms with Crippen LogP contribution in [-0.4, -0.2) is 11.7 Å². The zero-order valence-electron chi connectivity index (χ0n) is 3.12. The Morgan fingerprint density at radius 3 is 2.60 bits per heavy atom. The van der Waals surface area contributed by atoms with Gasteiger partial charge in [0.1, 0.15) is 6.54 Å². The van der Waals surface area contributed by atoms with Crippen LogP contribution in [0.1, 0.15) is 6.92 Å². The fraction of sp³-hybridized carbons (Fsp3) is 0.667. The Balaban J connectivity index is 2.93. The second-order valence-electron chi connectivity index (χ2n) is 0.632. The van der Waals surface area contributed by atoms with Crippen LogP contribution in [0.25, 0.3) is 0 Å². The molecule has 28 valence electrons. The van der Waals surface area contributed by atoms with Crippen LogP contribution in [0.15, 0.2) is 0 Å². The van der Waals surface area contributed by atoms with E-state index in [0.717, 1.165) is 6.54 Å². The third kappa shape index (κ3) is 3.80. The predicted octanol–water partition coefficient (Wildman–Crippen LogP) is -0.810. The van der Waals surface area contributed by atoms with Gasteiger partial charge in [-0.15, -0.1) is 0 Å².